The van der Waals surface area contributed by atoms with Crippen LogP contribution in [0.15, 0.2) is 23.1 Å². The molecule has 0 saturated heterocycles. The molecule has 0 saturated carbocycles. The lowest BCUT2D eigenvalue weighted by Crippen LogP contribution is -2.33. The number of halogens is 1. The molecule has 0 atom stereocenters. The minimum atomic E-state index is -3.84. The summed E-state index contributed by atoms with van der Waals surface area (Å²) >= 11 is 5.80. The Morgan fingerprint density at radius 3 is 2.59 bits per heavy atom. The van der Waals surface area contributed by atoms with Gasteiger partial charge in [0.25, 0.3) is 0 Å². The Morgan fingerprint density at radius 2 is 1.95 bits per heavy atom. The lowest BCUT2D eigenvalue weighted by molar-refractivity contribution is 0.0596. The van der Waals surface area contributed by atoms with Crippen molar-refractivity contribution in [2.24, 2.45) is 0 Å². The zero-order valence-electron chi connectivity index (χ0n) is 12.4. The third-order valence-corrected chi connectivity index (χ3v) is 4.47. The maximum Gasteiger partial charge on any atom is 0.339 e. The highest BCUT2D eigenvalue weighted by molar-refractivity contribution is 7.89. The van der Waals surface area contributed by atoms with Gasteiger partial charge < -0.3 is 14.8 Å². The number of ether oxygens (including phenoxy) is 2. The van der Waals surface area contributed by atoms with E-state index < -0.39 is 16.0 Å². The van der Waals surface area contributed by atoms with E-state index in [1.165, 1.54) is 25.3 Å². The number of rotatable bonds is 9. The third kappa shape index (κ3) is 5.54. The van der Waals surface area contributed by atoms with Gasteiger partial charge in [-0.1, -0.05) is 11.6 Å². The topological polar surface area (TPSA) is 93.7 Å². The summed E-state index contributed by atoms with van der Waals surface area (Å²) < 4.78 is 36.4. The predicted octanol–water partition coefficient (Wildman–Crippen LogP) is 0.641. The highest BCUT2D eigenvalue weighted by Gasteiger charge is 2.23. The average Bonchev–Trinajstić information content (AvgIpc) is 2.49. The first kappa shape index (κ1) is 18.9. The molecule has 0 unspecified atom stereocenters. The molecule has 0 spiro atoms. The van der Waals surface area contributed by atoms with Crippen LogP contribution in [0.2, 0.25) is 5.02 Å². The summed E-state index contributed by atoms with van der Waals surface area (Å²) in [7, 11) is -1.08. The number of sulfonamides is 1. The Labute approximate surface area is 135 Å². The first-order valence-electron chi connectivity index (χ1n) is 6.49. The second kappa shape index (κ2) is 9.06. The minimum Gasteiger partial charge on any atom is -0.465 e. The summed E-state index contributed by atoms with van der Waals surface area (Å²) in [6, 6.07) is 3.94. The smallest absolute Gasteiger partial charge is 0.339 e. The summed E-state index contributed by atoms with van der Waals surface area (Å²) in [5.41, 5.74) is -0.102. The number of hydrogen-bond acceptors (Lipinski definition) is 6. The van der Waals surface area contributed by atoms with E-state index in [0.717, 1.165) is 0 Å². The van der Waals surface area contributed by atoms with Crippen LogP contribution in [0.5, 0.6) is 0 Å². The maximum atomic E-state index is 12.3. The zero-order valence-corrected chi connectivity index (χ0v) is 14.0. The molecule has 0 bridgehead atoms. The van der Waals surface area contributed by atoms with Crippen molar-refractivity contribution in [1.29, 1.82) is 0 Å². The monoisotopic (exact) mass is 350 g/mol. The van der Waals surface area contributed by atoms with Gasteiger partial charge in [0, 0.05) is 31.8 Å². The van der Waals surface area contributed by atoms with Crippen molar-refractivity contribution in [2.45, 2.75) is 4.90 Å². The highest BCUT2D eigenvalue weighted by atomic mass is 35.5. The number of nitrogens with one attached hydrogen (secondary N) is 2. The van der Waals surface area contributed by atoms with Crippen LogP contribution in [-0.2, 0) is 19.5 Å². The van der Waals surface area contributed by atoms with Crippen molar-refractivity contribution in [3.05, 3.63) is 28.8 Å². The third-order valence-electron chi connectivity index (χ3n) is 2.71. The van der Waals surface area contributed by atoms with Crippen LogP contribution in [0.3, 0.4) is 0 Å². The number of benzene rings is 1. The Hall–Kier alpha value is -1.19. The second-order valence-electron chi connectivity index (χ2n) is 4.27. The number of esters is 1. The molecule has 124 valence electrons. The van der Waals surface area contributed by atoms with Gasteiger partial charge in [0.15, 0.2) is 0 Å². The number of methoxy groups -OCH3 is 2. The number of carbonyl (C=O) groups excluding carboxylic acids is 1. The fourth-order valence-electron chi connectivity index (χ4n) is 1.66. The van der Waals surface area contributed by atoms with Gasteiger partial charge in [-0.05, 0) is 18.2 Å². The van der Waals surface area contributed by atoms with Crippen molar-refractivity contribution >= 4 is 27.6 Å². The van der Waals surface area contributed by atoms with Crippen molar-refractivity contribution in [3.63, 3.8) is 0 Å². The van der Waals surface area contributed by atoms with Gasteiger partial charge in [0.2, 0.25) is 10.0 Å². The molecule has 0 amide bonds. The van der Waals surface area contributed by atoms with Crippen LogP contribution >= 0.6 is 11.6 Å². The van der Waals surface area contributed by atoms with Crippen LogP contribution in [0, 0.1) is 0 Å². The molecule has 2 N–H and O–H groups in total. The van der Waals surface area contributed by atoms with E-state index in [9.17, 15) is 13.2 Å². The molecular formula is C13H19ClN2O5S. The van der Waals surface area contributed by atoms with Gasteiger partial charge in [-0.25, -0.2) is 17.9 Å². The fourth-order valence-corrected chi connectivity index (χ4v) is 3.03. The molecule has 0 aliphatic carbocycles. The summed E-state index contributed by atoms with van der Waals surface area (Å²) in [6.07, 6.45) is 0. The molecule has 1 aromatic carbocycles. The number of carbonyl (C=O) groups is 1. The van der Waals surface area contributed by atoms with E-state index >= 15 is 0 Å². The van der Waals surface area contributed by atoms with E-state index in [4.69, 9.17) is 16.3 Å². The summed E-state index contributed by atoms with van der Waals surface area (Å²) in [5, 5.41) is 3.25. The molecule has 0 radical (unpaired) electrons. The second-order valence-corrected chi connectivity index (χ2v) is 6.44. The van der Waals surface area contributed by atoms with Crippen LogP contribution in [-0.4, -0.2) is 54.8 Å². The molecule has 0 heterocycles. The summed E-state index contributed by atoms with van der Waals surface area (Å²) in [5.74, 6) is -0.763. The van der Waals surface area contributed by atoms with Crippen molar-refractivity contribution < 1.29 is 22.7 Å². The Bertz CT molecular complexity index is 606. The number of hydrogen-bond donors (Lipinski definition) is 2. The van der Waals surface area contributed by atoms with Gasteiger partial charge >= 0.3 is 5.97 Å². The lowest BCUT2D eigenvalue weighted by Gasteiger charge is -2.11. The molecule has 0 fully saturated rings. The van der Waals surface area contributed by atoms with Gasteiger partial charge in [-0.3, -0.25) is 0 Å². The van der Waals surface area contributed by atoms with Crippen molar-refractivity contribution in [3.8, 4) is 0 Å². The van der Waals surface area contributed by atoms with Crippen molar-refractivity contribution in [1.82, 2.24) is 10.0 Å². The Balaban J connectivity index is 2.78. The van der Waals surface area contributed by atoms with E-state index in [-0.39, 0.29) is 22.0 Å². The SMILES string of the molecule is COCCNCCNS(=O)(=O)c1ccc(Cl)cc1C(=O)OC. The van der Waals surface area contributed by atoms with Crippen LogP contribution in [0.1, 0.15) is 10.4 Å². The Kier molecular flexibility index (Phi) is 7.77. The normalized spacial score (nSPS) is 11.4. The Morgan fingerprint density at radius 1 is 1.23 bits per heavy atom. The summed E-state index contributed by atoms with van der Waals surface area (Å²) in [4.78, 5) is 11.5. The van der Waals surface area contributed by atoms with E-state index in [1.807, 2.05) is 0 Å². The van der Waals surface area contributed by atoms with E-state index in [2.05, 4.69) is 14.8 Å². The van der Waals surface area contributed by atoms with Gasteiger partial charge in [0.1, 0.15) is 0 Å². The molecule has 1 rings (SSSR count). The fraction of sp³-hybridized carbons (Fsp3) is 0.462. The maximum absolute atomic E-state index is 12.3. The lowest BCUT2D eigenvalue weighted by atomic mass is 10.2. The first-order valence-corrected chi connectivity index (χ1v) is 8.35. The van der Waals surface area contributed by atoms with Gasteiger partial charge in [-0.2, -0.15) is 0 Å². The molecule has 1 aromatic rings. The zero-order chi connectivity index (χ0) is 16.6. The predicted molar refractivity (Wildman–Crippen MR) is 82.7 cm³/mol. The van der Waals surface area contributed by atoms with Crippen LogP contribution < -0.4 is 10.0 Å². The minimum absolute atomic E-state index is 0.102. The van der Waals surface area contributed by atoms with E-state index in [1.54, 1.807) is 7.11 Å². The van der Waals surface area contributed by atoms with Crippen LogP contribution in [0.25, 0.3) is 0 Å². The van der Waals surface area contributed by atoms with E-state index in [0.29, 0.717) is 19.7 Å². The van der Waals surface area contributed by atoms with Crippen molar-refractivity contribution in [2.75, 3.05) is 40.5 Å². The van der Waals surface area contributed by atoms with Crippen LogP contribution in [0.4, 0.5) is 0 Å². The molecule has 22 heavy (non-hydrogen) atoms. The van der Waals surface area contributed by atoms with Gasteiger partial charge in [-0.15, -0.1) is 0 Å². The highest BCUT2D eigenvalue weighted by Crippen LogP contribution is 2.21. The quantitative estimate of drug-likeness (QED) is 0.501. The molecule has 0 aliphatic heterocycles. The summed E-state index contributed by atoms with van der Waals surface area (Å²) in [6.45, 7) is 1.77. The standard InChI is InChI=1S/C13H19ClN2O5S/c1-20-8-7-15-5-6-16-22(18,19)12-4-3-10(14)9-11(12)13(17)21-2/h3-4,9,15-16H,5-8H2,1-2H3. The largest absolute Gasteiger partial charge is 0.465 e. The average molecular weight is 351 g/mol. The molecule has 0 aromatic heterocycles. The molecule has 0 aliphatic rings. The molecule has 9 heteroatoms. The molecular weight excluding hydrogens is 332 g/mol. The van der Waals surface area contributed by atoms with Gasteiger partial charge in [0.05, 0.1) is 24.2 Å². The first-order chi connectivity index (χ1) is 10.4. The molecule has 7 nitrogen and oxygen atoms in total.